The zero-order chi connectivity index (χ0) is 15.6. The van der Waals surface area contributed by atoms with Crippen molar-refractivity contribution in [3.8, 4) is 0 Å². The van der Waals surface area contributed by atoms with E-state index in [1.165, 1.54) is 24.3 Å². The molecule has 112 valence electrons. The largest absolute Gasteiger partial charge is 0.416 e. The van der Waals surface area contributed by atoms with Crippen molar-refractivity contribution in [2.24, 2.45) is 0 Å². The first-order valence-electron chi connectivity index (χ1n) is 6.06. The van der Waals surface area contributed by atoms with Gasteiger partial charge in [0, 0.05) is 6.42 Å². The normalized spacial score (nSPS) is 13.2. The minimum atomic E-state index is -4.46. The molecule has 0 bridgehead atoms. The van der Waals surface area contributed by atoms with Crippen LogP contribution in [0.5, 0.6) is 0 Å². The lowest BCUT2D eigenvalue weighted by atomic mass is 9.99. The van der Waals surface area contributed by atoms with Gasteiger partial charge in [-0.15, -0.1) is 0 Å². The summed E-state index contributed by atoms with van der Waals surface area (Å²) in [5.74, 6) is -0.589. The van der Waals surface area contributed by atoms with Crippen molar-refractivity contribution in [2.45, 2.75) is 18.7 Å². The van der Waals surface area contributed by atoms with Crippen LogP contribution >= 0.6 is 11.6 Å². The van der Waals surface area contributed by atoms with Crippen LogP contribution in [0.15, 0.2) is 42.5 Å². The van der Waals surface area contributed by atoms with Gasteiger partial charge in [0.1, 0.15) is 5.82 Å². The fourth-order valence-corrected chi connectivity index (χ4v) is 2.13. The number of alkyl halides is 3. The van der Waals surface area contributed by atoms with Crippen LogP contribution in [0.2, 0.25) is 5.02 Å². The molecule has 1 nitrogen and oxygen atoms in total. The Morgan fingerprint density at radius 3 is 2.43 bits per heavy atom. The van der Waals surface area contributed by atoms with Crippen molar-refractivity contribution in [2.75, 3.05) is 0 Å². The first kappa shape index (κ1) is 15.8. The van der Waals surface area contributed by atoms with Gasteiger partial charge in [-0.1, -0.05) is 29.8 Å². The van der Waals surface area contributed by atoms with Crippen molar-refractivity contribution >= 4 is 11.6 Å². The first-order valence-corrected chi connectivity index (χ1v) is 6.44. The van der Waals surface area contributed by atoms with Gasteiger partial charge in [-0.3, -0.25) is 0 Å². The van der Waals surface area contributed by atoms with Gasteiger partial charge in [-0.05, 0) is 35.4 Å². The zero-order valence-electron chi connectivity index (χ0n) is 10.7. The number of aliphatic hydroxyl groups is 1. The summed E-state index contributed by atoms with van der Waals surface area (Å²) in [6, 6.07) is 8.40. The maximum Gasteiger partial charge on any atom is 0.416 e. The Bertz CT molecular complexity index is 640. The molecule has 6 heteroatoms. The molecule has 0 amide bonds. The van der Waals surface area contributed by atoms with Crippen molar-refractivity contribution in [3.05, 3.63) is 70.0 Å². The number of halogens is 5. The van der Waals surface area contributed by atoms with Gasteiger partial charge in [0.15, 0.2) is 0 Å². The van der Waals surface area contributed by atoms with Crippen LogP contribution in [0.25, 0.3) is 0 Å². The monoisotopic (exact) mass is 318 g/mol. The molecule has 0 aliphatic rings. The lowest BCUT2D eigenvalue weighted by molar-refractivity contribution is -0.137. The predicted octanol–water partition coefficient (Wildman–Crippen LogP) is 4.77. The Labute approximate surface area is 123 Å². The van der Waals surface area contributed by atoms with E-state index in [-0.39, 0.29) is 17.0 Å². The van der Waals surface area contributed by atoms with Crippen molar-refractivity contribution in [1.29, 1.82) is 0 Å². The molecule has 0 aliphatic heterocycles. The van der Waals surface area contributed by atoms with Crippen molar-refractivity contribution in [1.82, 2.24) is 0 Å². The van der Waals surface area contributed by atoms with E-state index in [1.54, 1.807) is 0 Å². The third kappa shape index (κ3) is 3.95. The summed E-state index contributed by atoms with van der Waals surface area (Å²) < 4.78 is 50.9. The van der Waals surface area contributed by atoms with Gasteiger partial charge in [0.05, 0.1) is 16.7 Å². The molecule has 0 aromatic heterocycles. The van der Waals surface area contributed by atoms with E-state index >= 15 is 0 Å². The highest BCUT2D eigenvalue weighted by molar-refractivity contribution is 6.30. The maximum atomic E-state index is 13.0. The van der Waals surface area contributed by atoms with E-state index in [9.17, 15) is 22.7 Å². The fourth-order valence-electron chi connectivity index (χ4n) is 1.93. The molecule has 2 aromatic carbocycles. The average molecular weight is 319 g/mol. The van der Waals surface area contributed by atoms with Crippen LogP contribution in [0.4, 0.5) is 17.6 Å². The van der Waals surface area contributed by atoms with Crippen LogP contribution in [0.1, 0.15) is 22.8 Å². The molecule has 0 saturated heterocycles. The summed E-state index contributed by atoms with van der Waals surface area (Å²) in [5, 5.41) is 9.93. The van der Waals surface area contributed by atoms with Gasteiger partial charge in [-0.2, -0.15) is 13.2 Å². The van der Waals surface area contributed by atoms with Gasteiger partial charge in [0.25, 0.3) is 0 Å². The minimum Gasteiger partial charge on any atom is -0.388 e. The molecule has 0 radical (unpaired) electrons. The third-order valence-electron chi connectivity index (χ3n) is 3.01. The molecule has 1 unspecified atom stereocenters. The molecule has 0 aliphatic carbocycles. The maximum absolute atomic E-state index is 13.0. The highest BCUT2D eigenvalue weighted by atomic mass is 35.5. The molecule has 0 fully saturated rings. The number of rotatable bonds is 3. The second-order valence-electron chi connectivity index (χ2n) is 4.59. The molecule has 1 N–H and O–H groups in total. The minimum absolute atomic E-state index is 0.0430. The van der Waals surface area contributed by atoms with Crippen LogP contribution < -0.4 is 0 Å². The van der Waals surface area contributed by atoms with Crippen LogP contribution in [0.3, 0.4) is 0 Å². The Hall–Kier alpha value is -1.59. The van der Waals surface area contributed by atoms with Crippen LogP contribution in [0, 0.1) is 5.82 Å². The summed E-state index contributed by atoms with van der Waals surface area (Å²) in [4.78, 5) is 0. The number of hydrogen-bond donors (Lipinski definition) is 1. The van der Waals surface area contributed by atoms with E-state index < -0.39 is 23.7 Å². The fraction of sp³-hybridized carbons (Fsp3) is 0.200. The van der Waals surface area contributed by atoms with Crippen LogP contribution in [-0.2, 0) is 12.6 Å². The molecule has 2 rings (SSSR count). The standard InChI is InChI=1S/C15H11ClF4O/c16-12-6-9(4-5-13(12)17)7-14(21)10-2-1-3-11(8-10)15(18,19)20/h1-6,8,14,21H,7H2. The molecular weight excluding hydrogens is 308 g/mol. The van der Waals surface area contributed by atoms with Crippen LogP contribution in [-0.4, -0.2) is 5.11 Å². The molecule has 0 heterocycles. The zero-order valence-corrected chi connectivity index (χ0v) is 11.4. The average Bonchev–Trinajstić information content (AvgIpc) is 2.42. The highest BCUT2D eigenvalue weighted by Crippen LogP contribution is 2.31. The first-order chi connectivity index (χ1) is 9.77. The number of hydrogen-bond acceptors (Lipinski definition) is 1. The highest BCUT2D eigenvalue weighted by Gasteiger charge is 2.30. The third-order valence-corrected chi connectivity index (χ3v) is 3.30. The van der Waals surface area contributed by atoms with Gasteiger partial charge in [0.2, 0.25) is 0 Å². The quantitative estimate of drug-likeness (QED) is 0.808. The molecule has 0 saturated carbocycles. The topological polar surface area (TPSA) is 20.2 Å². The van der Waals surface area contributed by atoms with E-state index in [1.807, 2.05) is 0 Å². The van der Waals surface area contributed by atoms with Crippen molar-refractivity contribution < 1.29 is 22.7 Å². The molecule has 1 atom stereocenters. The Morgan fingerprint density at radius 1 is 1.10 bits per heavy atom. The molecule has 0 spiro atoms. The van der Waals surface area contributed by atoms with E-state index in [0.717, 1.165) is 18.2 Å². The second-order valence-corrected chi connectivity index (χ2v) is 5.00. The molecule has 21 heavy (non-hydrogen) atoms. The second kappa shape index (κ2) is 6.03. The summed E-state index contributed by atoms with van der Waals surface area (Å²) in [6.07, 6.45) is -5.55. The Morgan fingerprint density at radius 2 is 1.81 bits per heavy atom. The smallest absolute Gasteiger partial charge is 0.388 e. The molecule has 2 aromatic rings. The van der Waals surface area contributed by atoms with E-state index in [0.29, 0.717) is 5.56 Å². The van der Waals surface area contributed by atoms with E-state index in [4.69, 9.17) is 11.6 Å². The Balaban J connectivity index is 2.20. The number of benzene rings is 2. The lowest BCUT2D eigenvalue weighted by Crippen LogP contribution is -2.08. The molecular formula is C15H11ClF4O. The number of aliphatic hydroxyl groups excluding tert-OH is 1. The van der Waals surface area contributed by atoms with Crippen molar-refractivity contribution in [3.63, 3.8) is 0 Å². The summed E-state index contributed by atoms with van der Waals surface area (Å²) in [5.41, 5.74) is -0.146. The van der Waals surface area contributed by atoms with Gasteiger partial charge < -0.3 is 5.11 Å². The predicted molar refractivity (Wildman–Crippen MR) is 71.5 cm³/mol. The summed E-state index contributed by atoms with van der Waals surface area (Å²) in [6.45, 7) is 0. The van der Waals surface area contributed by atoms with Gasteiger partial charge >= 0.3 is 6.18 Å². The lowest BCUT2D eigenvalue weighted by Gasteiger charge is -2.14. The van der Waals surface area contributed by atoms with Gasteiger partial charge in [-0.25, -0.2) is 4.39 Å². The van der Waals surface area contributed by atoms with E-state index in [2.05, 4.69) is 0 Å². The Kier molecular flexibility index (Phi) is 4.54. The summed E-state index contributed by atoms with van der Waals surface area (Å²) >= 11 is 5.62. The summed E-state index contributed by atoms with van der Waals surface area (Å²) in [7, 11) is 0. The SMILES string of the molecule is OC(Cc1ccc(F)c(Cl)c1)c1cccc(C(F)(F)F)c1.